The maximum Gasteiger partial charge on any atom is 0.132 e. The third kappa shape index (κ3) is 1.76. The molecule has 2 aliphatic rings. The van der Waals surface area contributed by atoms with E-state index < -0.39 is 0 Å². The number of aliphatic hydroxyl groups excluding tert-OH is 1. The van der Waals surface area contributed by atoms with Crippen molar-refractivity contribution in [2.24, 2.45) is 0 Å². The summed E-state index contributed by atoms with van der Waals surface area (Å²) in [5.74, 6) is 1.33. The minimum atomic E-state index is -0.201. The van der Waals surface area contributed by atoms with Crippen LogP contribution in [0, 0.1) is 0 Å². The summed E-state index contributed by atoms with van der Waals surface area (Å²) >= 11 is 0. The van der Waals surface area contributed by atoms with Crippen molar-refractivity contribution in [2.45, 2.75) is 18.4 Å². The number of aromatic nitrogens is 2. The van der Waals surface area contributed by atoms with Crippen molar-refractivity contribution >= 4 is 5.82 Å². The summed E-state index contributed by atoms with van der Waals surface area (Å²) < 4.78 is 5.36. The van der Waals surface area contributed by atoms with Crippen LogP contribution in [0.15, 0.2) is 12.4 Å². The average Bonchev–Trinajstić information content (AvgIpc) is 2.78. The Morgan fingerprint density at radius 3 is 2.94 bits per heavy atom. The van der Waals surface area contributed by atoms with Crippen LogP contribution in [-0.2, 0) is 4.74 Å². The van der Waals surface area contributed by atoms with Crippen molar-refractivity contribution in [1.29, 1.82) is 0 Å². The molecule has 1 aromatic heterocycles. The van der Waals surface area contributed by atoms with Gasteiger partial charge in [-0.15, -0.1) is 0 Å². The van der Waals surface area contributed by atoms with Gasteiger partial charge in [-0.2, -0.15) is 0 Å². The molecule has 2 saturated heterocycles. The van der Waals surface area contributed by atoms with E-state index in [0.29, 0.717) is 19.0 Å². The Morgan fingerprint density at radius 1 is 1.38 bits per heavy atom. The number of rotatable bonds is 2. The number of nitrogens with zero attached hydrogens (tertiary/aromatic N) is 3. The van der Waals surface area contributed by atoms with E-state index in [1.807, 2.05) is 6.07 Å². The Morgan fingerprint density at radius 2 is 2.25 bits per heavy atom. The zero-order valence-electron chi connectivity index (χ0n) is 9.04. The van der Waals surface area contributed by atoms with E-state index >= 15 is 0 Å². The number of β-amino-alcohol motifs (C(OH)–C–C–N with tert-alkyl or cyclic N) is 1. The van der Waals surface area contributed by atoms with Crippen LogP contribution in [0.5, 0.6) is 0 Å². The molecular formula is C11H15N3O2. The Kier molecular flexibility index (Phi) is 2.49. The number of hydrogen-bond acceptors (Lipinski definition) is 5. The summed E-state index contributed by atoms with van der Waals surface area (Å²) in [5, 5.41) is 9.26. The second kappa shape index (κ2) is 3.99. The quantitative estimate of drug-likeness (QED) is 0.771. The van der Waals surface area contributed by atoms with Gasteiger partial charge in [0.1, 0.15) is 12.1 Å². The van der Waals surface area contributed by atoms with Crippen molar-refractivity contribution in [2.75, 3.05) is 31.2 Å². The van der Waals surface area contributed by atoms with Crippen molar-refractivity contribution < 1.29 is 9.84 Å². The molecule has 86 valence electrons. The molecule has 0 spiro atoms. The third-order valence-electron chi connectivity index (χ3n) is 3.21. The highest BCUT2D eigenvalue weighted by Crippen LogP contribution is 2.26. The van der Waals surface area contributed by atoms with Crippen LogP contribution >= 0.6 is 0 Å². The molecule has 0 aliphatic carbocycles. The standard InChI is InChI=1S/C11H15N3O2/c15-9-4-14(5-9)11-3-10(12-7-13-11)8-1-2-16-6-8/h3,7-9,15H,1-2,4-6H2. The van der Waals surface area contributed by atoms with Gasteiger partial charge in [0.25, 0.3) is 0 Å². The molecule has 0 amide bonds. The molecule has 0 bridgehead atoms. The van der Waals surface area contributed by atoms with Gasteiger partial charge in [0.15, 0.2) is 0 Å². The Balaban J connectivity index is 1.77. The molecule has 0 radical (unpaired) electrons. The highest BCUT2D eigenvalue weighted by Gasteiger charge is 2.27. The molecule has 5 nitrogen and oxygen atoms in total. The van der Waals surface area contributed by atoms with Crippen LogP contribution in [0.1, 0.15) is 18.0 Å². The van der Waals surface area contributed by atoms with Crippen LogP contribution in [0.25, 0.3) is 0 Å². The van der Waals surface area contributed by atoms with Crippen molar-refractivity contribution in [1.82, 2.24) is 9.97 Å². The smallest absolute Gasteiger partial charge is 0.132 e. The first-order chi connectivity index (χ1) is 7.83. The van der Waals surface area contributed by atoms with Crippen molar-refractivity contribution in [3.63, 3.8) is 0 Å². The summed E-state index contributed by atoms with van der Waals surface area (Å²) in [7, 11) is 0. The lowest BCUT2D eigenvalue weighted by atomic mass is 10.0. The topological polar surface area (TPSA) is 58.5 Å². The lowest BCUT2D eigenvalue weighted by Crippen LogP contribution is -2.51. The van der Waals surface area contributed by atoms with Crippen LogP contribution in [0.3, 0.4) is 0 Å². The number of anilines is 1. The largest absolute Gasteiger partial charge is 0.389 e. The molecule has 2 aliphatic heterocycles. The fourth-order valence-corrected chi connectivity index (χ4v) is 2.17. The van der Waals surface area contributed by atoms with Gasteiger partial charge in [-0.05, 0) is 6.42 Å². The Hall–Kier alpha value is -1.20. The van der Waals surface area contributed by atoms with E-state index in [-0.39, 0.29) is 6.10 Å². The lowest BCUT2D eigenvalue weighted by molar-refractivity contribution is 0.141. The first kappa shape index (κ1) is 9.99. The van der Waals surface area contributed by atoms with Gasteiger partial charge < -0.3 is 14.7 Å². The van der Waals surface area contributed by atoms with E-state index in [4.69, 9.17) is 4.74 Å². The predicted molar refractivity (Wildman–Crippen MR) is 58.4 cm³/mol. The van der Waals surface area contributed by atoms with Crippen LogP contribution in [-0.4, -0.2) is 47.5 Å². The molecule has 1 aromatic rings. The van der Waals surface area contributed by atoms with Crippen molar-refractivity contribution in [3.8, 4) is 0 Å². The van der Waals surface area contributed by atoms with E-state index in [1.165, 1.54) is 0 Å². The minimum Gasteiger partial charge on any atom is -0.389 e. The van der Waals surface area contributed by atoms with Gasteiger partial charge in [0.2, 0.25) is 0 Å². The molecule has 5 heteroatoms. The van der Waals surface area contributed by atoms with Gasteiger partial charge in [0, 0.05) is 31.7 Å². The molecule has 1 atom stereocenters. The van der Waals surface area contributed by atoms with E-state index in [0.717, 1.165) is 31.1 Å². The zero-order valence-corrected chi connectivity index (χ0v) is 9.04. The zero-order chi connectivity index (χ0) is 11.0. The van der Waals surface area contributed by atoms with Crippen LogP contribution < -0.4 is 4.90 Å². The lowest BCUT2D eigenvalue weighted by Gasteiger charge is -2.36. The molecule has 2 fully saturated rings. The third-order valence-corrected chi connectivity index (χ3v) is 3.21. The molecule has 16 heavy (non-hydrogen) atoms. The molecular weight excluding hydrogens is 206 g/mol. The average molecular weight is 221 g/mol. The maximum absolute atomic E-state index is 9.26. The fraction of sp³-hybridized carbons (Fsp3) is 0.636. The SMILES string of the molecule is OC1CN(c2cc(C3CCOC3)ncn2)C1. The van der Waals surface area contributed by atoms with E-state index in [1.54, 1.807) is 6.33 Å². The monoisotopic (exact) mass is 221 g/mol. The number of hydrogen-bond donors (Lipinski definition) is 1. The summed E-state index contributed by atoms with van der Waals surface area (Å²) in [4.78, 5) is 10.6. The first-order valence-corrected chi connectivity index (χ1v) is 5.65. The van der Waals surface area contributed by atoms with E-state index in [9.17, 15) is 5.11 Å². The number of ether oxygens (including phenoxy) is 1. The summed E-state index contributed by atoms with van der Waals surface area (Å²) in [6.07, 6.45) is 2.44. The van der Waals surface area contributed by atoms with Gasteiger partial charge in [-0.1, -0.05) is 0 Å². The van der Waals surface area contributed by atoms with Crippen LogP contribution in [0.4, 0.5) is 5.82 Å². The molecule has 0 aromatic carbocycles. The molecule has 0 saturated carbocycles. The van der Waals surface area contributed by atoms with Gasteiger partial charge in [0.05, 0.1) is 18.4 Å². The maximum atomic E-state index is 9.26. The van der Waals surface area contributed by atoms with Crippen molar-refractivity contribution in [3.05, 3.63) is 18.1 Å². The molecule has 1 N–H and O–H groups in total. The summed E-state index contributed by atoms with van der Waals surface area (Å²) in [5.41, 5.74) is 1.06. The Labute approximate surface area is 94.1 Å². The Bertz CT molecular complexity index is 373. The number of aliphatic hydroxyl groups is 1. The van der Waals surface area contributed by atoms with Crippen LogP contribution in [0.2, 0.25) is 0 Å². The van der Waals surface area contributed by atoms with Gasteiger partial charge in [-0.3, -0.25) is 0 Å². The second-order valence-corrected chi connectivity index (χ2v) is 4.42. The summed E-state index contributed by atoms with van der Waals surface area (Å²) in [6.45, 7) is 2.95. The first-order valence-electron chi connectivity index (χ1n) is 5.65. The van der Waals surface area contributed by atoms with Gasteiger partial charge in [-0.25, -0.2) is 9.97 Å². The van der Waals surface area contributed by atoms with E-state index in [2.05, 4.69) is 14.9 Å². The predicted octanol–water partition coefficient (Wildman–Crippen LogP) is 0.161. The summed E-state index contributed by atoms with van der Waals surface area (Å²) in [6, 6.07) is 2.02. The molecule has 3 rings (SSSR count). The second-order valence-electron chi connectivity index (χ2n) is 4.42. The molecule has 3 heterocycles. The molecule has 1 unspecified atom stereocenters. The van der Waals surface area contributed by atoms with Gasteiger partial charge >= 0.3 is 0 Å². The highest BCUT2D eigenvalue weighted by atomic mass is 16.5. The minimum absolute atomic E-state index is 0.201. The highest BCUT2D eigenvalue weighted by molar-refractivity contribution is 5.43. The fourth-order valence-electron chi connectivity index (χ4n) is 2.17. The normalized spacial score (nSPS) is 25.8.